The summed E-state index contributed by atoms with van der Waals surface area (Å²) in [6.45, 7) is 0.673. The van der Waals surface area contributed by atoms with Crippen LogP contribution in [-0.2, 0) is 0 Å². The molecule has 0 saturated carbocycles. The number of hydrogen-bond acceptors (Lipinski definition) is 6. The SMILES string of the molecule is Nc1nc(-n2cc(C(=O)O)c(=O)c3cc(F)c(N4CCC(N)C4)c(Cl)c32)c(F)cc1F. The summed E-state index contributed by atoms with van der Waals surface area (Å²) in [6.07, 6.45) is 1.36. The molecule has 8 nitrogen and oxygen atoms in total. The number of rotatable bonds is 3. The molecule has 0 spiro atoms. The number of carboxylic acids is 1. The first kappa shape index (κ1) is 20.9. The van der Waals surface area contributed by atoms with E-state index in [4.69, 9.17) is 23.1 Å². The number of halogens is 4. The van der Waals surface area contributed by atoms with Gasteiger partial charge in [-0.1, -0.05) is 11.6 Å². The van der Waals surface area contributed by atoms with Crippen molar-refractivity contribution in [3.05, 3.63) is 56.6 Å². The van der Waals surface area contributed by atoms with Gasteiger partial charge in [-0.3, -0.25) is 9.36 Å². The zero-order valence-electron chi connectivity index (χ0n) is 15.7. The maximum atomic E-state index is 15.0. The molecule has 1 unspecified atom stereocenters. The molecule has 1 fully saturated rings. The topological polar surface area (TPSA) is 127 Å². The van der Waals surface area contributed by atoms with Crippen LogP contribution in [-0.4, -0.2) is 39.8 Å². The number of carboxylic acid groups (broad SMARTS) is 1. The summed E-state index contributed by atoms with van der Waals surface area (Å²) in [5, 5.41) is 8.70. The molecule has 162 valence electrons. The average Bonchev–Trinajstić information content (AvgIpc) is 3.11. The van der Waals surface area contributed by atoms with E-state index >= 15 is 0 Å². The molecule has 1 aliphatic heterocycles. The largest absolute Gasteiger partial charge is 0.477 e. The average molecular weight is 454 g/mol. The number of carbonyl (C=O) groups is 1. The second-order valence-corrected chi connectivity index (χ2v) is 7.50. The van der Waals surface area contributed by atoms with E-state index in [1.807, 2.05) is 0 Å². The fourth-order valence-electron chi connectivity index (χ4n) is 3.64. The van der Waals surface area contributed by atoms with Crippen molar-refractivity contribution >= 4 is 40.0 Å². The van der Waals surface area contributed by atoms with Gasteiger partial charge in [0.05, 0.1) is 21.6 Å². The van der Waals surface area contributed by atoms with Crippen molar-refractivity contribution in [3.63, 3.8) is 0 Å². The van der Waals surface area contributed by atoms with Crippen LogP contribution < -0.4 is 21.8 Å². The van der Waals surface area contributed by atoms with E-state index < -0.39 is 51.4 Å². The summed E-state index contributed by atoms with van der Waals surface area (Å²) in [5.74, 6) is -6.10. The summed E-state index contributed by atoms with van der Waals surface area (Å²) in [6, 6.07) is 1.06. The van der Waals surface area contributed by atoms with Crippen LogP contribution in [0.4, 0.5) is 24.7 Å². The molecule has 0 aliphatic carbocycles. The number of nitrogens with two attached hydrogens (primary N) is 2. The summed E-state index contributed by atoms with van der Waals surface area (Å²) >= 11 is 6.47. The number of aromatic carboxylic acids is 1. The molecule has 0 radical (unpaired) electrons. The zero-order valence-corrected chi connectivity index (χ0v) is 16.5. The molecule has 3 heterocycles. The number of pyridine rings is 2. The van der Waals surface area contributed by atoms with Gasteiger partial charge >= 0.3 is 5.97 Å². The number of fused-ring (bicyclic) bond motifs is 1. The van der Waals surface area contributed by atoms with E-state index in [1.54, 1.807) is 4.90 Å². The summed E-state index contributed by atoms with van der Waals surface area (Å²) in [5.41, 5.74) is 9.24. The van der Waals surface area contributed by atoms with Gasteiger partial charge in [0.25, 0.3) is 0 Å². The fourth-order valence-corrected chi connectivity index (χ4v) is 4.05. The lowest BCUT2D eigenvalue weighted by Crippen LogP contribution is -2.27. The van der Waals surface area contributed by atoms with Crippen molar-refractivity contribution in [3.8, 4) is 5.82 Å². The number of aromatic nitrogens is 2. The van der Waals surface area contributed by atoms with Gasteiger partial charge in [-0.15, -0.1) is 0 Å². The zero-order chi connectivity index (χ0) is 22.6. The predicted octanol–water partition coefficient (Wildman–Crippen LogP) is 2.27. The van der Waals surface area contributed by atoms with Gasteiger partial charge in [0, 0.05) is 31.4 Å². The number of nitrogens with zero attached hydrogens (tertiary/aromatic N) is 3. The van der Waals surface area contributed by atoms with Crippen LogP contribution in [0.25, 0.3) is 16.7 Å². The first-order chi connectivity index (χ1) is 14.6. The molecular weight excluding hydrogens is 439 g/mol. The lowest BCUT2D eigenvalue weighted by molar-refractivity contribution is 0.0695. The van der Waals surface area contributed by atoms with Crippen LogP contribution >= 0.6 is 11.6 Å². The van der Waals surface area contributed by atoms with Gasteiger partial charge < -0.3 is 21.5 Å². The third-order valence-electron chi connectivity index (χ3n) is 5.09. The van der Waals surface area contributed by atoms with Gasteiger partial charge in [0.2, 0.25) is 5.43 Å². The molecule has 0 amide bonds. The van der Waals surface area contributed by atoms with Crippen LogP contribution in [0, 0.1) is 17.5 Å². The van der Waals surface area contributed by atoms with Crippen molar-refractivity contribution in [2.45, 2.75) is 12.5 Å². The highest BCUT2D eigenvalue weighted by Crippen LogP contribution is 2.38. The lowest BCUT2D eigenvalue weighted by atomic mass is 10.1. The highest BCUT2D eigenvalue weighted by molar-refractivity contribution is 6.38. The van der Waals surface area contributed by atoms with Crippen molar-refractivity contribution in [1.29, 1.82) is 0 Å². The molecule has 1 atom stereocenters. The standard InChI is InChI=1S/C19H15ClF3N5O3/c20-13-14-8(3-10(21)15(13)27-2-1-7(24)5-27)16(29)9(19(30)31)6-28(14)18-12(23)4-11(22)17(25)26-18/h3-4,6-7H,1-2,5,24H2,(H2,25,26)(H,30,31). The highest BCUT2D eigenvalue weighted by atomic mass is 35.5. The van der Waals surface area contributed by atoms with Crippen molar-refractivity contribution < 1.29 is 23.1 Å². The molecule has 1 aromatic carbocycles. The molecular formula is C19H15ClF3N5O3. The molecule has 3 aromatic rings. The molecule has 12 heteroatoms. The normalized spacial score (nSPS) is 16.3. The van der Waals surface area contributed by atoms with Crippen LogP contribution in [0.1, 0.15) is 16.8 Å². The van der Waals surface area contributed by atoms with Crippen LogP contribution in [0.15, 0.2) is 23.1 Å². The smallest absolute Gasteiger partial charge is 0.341 e. The molecule has 1 aliphatic rings. The molecule has 2 aromatic heterocycles. The van der Waals surface area contributed by atoms with E-state index in [9.17, 15) is 27.9 Å². The fraction of sp³-hybridized carbons (Fsp3) is 0.211. The highest BCUT2D eigenvalue weighted by Gasteiger charge is 2.29. The van der Waals surface area contributed by atoms with Gasteiger partial charge in [0.1, 0.15) is 11.4 Å². The second kappa shape index (κ2) is 7.43. The first-order valence-electron chi connectivity index (χ1n) is 9.03. The van der Waals surface area contributed by atoms with Crippen LogP contribution in [0.5, 0.6) is 0 Å². The Kier molecular flexibility index (Phi) is 5.02. The second-order valence-electron chi connectivity index (χ2n) is 7.12. The van der Waals surface area contributed by atoms with E-state index in [2.05, 4.69) is 4.98 Å². The number of nitrogen functional groups attached to an aromatic ring is 1. The Hall–Kier alpha value is -3.31. The van der Waals surface area contributed by atoms with E-state index in [0.29, 0.717) is 19.0 Å². The minimum atomic E-state index is -1.64. The van der Waals surface area contributed by atoms with E-state index in [-0.39, 0.29) is 28.8 Å². The summed E-state index contributed by atoms with van der Waals surface area (Å²) in [4.78, 5) is 29.5. The maximum absolute atomic E-state index is 15.0. The molecule has 1 saturated heterocycles. The third-order valence-corrected chi connectivity index (χ3v) is 5.45. The Morgan fingerprint density at radius 2 is 1.94 bits per heavy atom. The Morgan fingerprint density at radius 3 is 2.55 bits per heavy atom. The Morgan fingerprint density at radius 1 is 1.23 bits per heavy atom. The Bertz CT molecular complexity index is 1310. The minimum Gasteiger partial charge on any atom is -0.477 e. The Balaban J connectivity index is 2.14. The number of anilines is 2. The maximum Gasteiger partial charge on any atom is 0.341 e. The molecule has 4 rings (SSSR count). The number of hydrogen-bond donors (Lipinski definition) is 3. The summed E-state index contributed by atoms with van der Waals surface area (Å²) in [7, 11) is 0. The summed E-state index contributed by atoms with van der Waals surface area (Å²) < 4.78 is 44.1. The van der Waals surface area contributed by atoms with Crippen molar-refractivity contribution in [2.24, 2.45) is 5.73 Å². The van der Waals surface area contributed by atoms with Crippen LogP contribution in [0.3, 0.4) is 0 Å². The molecule has 5 N–H and O–H groups in total. The van der Waals surface area contributed by atoms with Crippen molar-refractivity contribution in [2.75, 3.05) is 23.7 Å². The number of benzene rings is 1. The molecule has 0 bridgehead atoms. The first-order valence-corrected chi connectivity index (χ1v) is 9.41. The van der Waals surface area contributed by atoms with Gasteiger partial charge in [-0.25, -0.2) is 22.9 Å². The minimum absolute atomic E-state index is 0.0752. The predicted molar refractivity (Wildman–Crippen MR) is 108 cm³/mol. The van der Waals surface area contributed by atoms with Crippen molar-refractivity contribution in [1.82, 2.24) is 9.55 Å². The molecule has 31 heavy (non-hydrogen) atoms. The van der Waals surface area contributed by atoms with Gasteiger partial charge in [-0.2, -0.15) is 0 Å². The van der Waals surface area contributed by atoms with E-state index in [1.165, 1.54) is 0 Å². The van der Waals surface area contributed by atoms with E-state index in [0.717, 1.165) is 16.8 Å². The Labute approximate surface area is 177 Å². The van der Waals surface area contributed by atoms with Crippen LogP contribution in [0.2, 0.25) is 5.02 Å². The lowest BCUT2D eigenvalue weighted by Gasteiger charge is -2.23. The van der Waals surface area contributed by atoms with Gasteiger partial charge in [-0.05, 0) is 12.5 Å². The quantitative estimate of drug-likeness (QED) is 0.555. The monoisotopic (exact) mass is 453 g/mol. The third kappa shape index (κ3) is 3.35. The van der Waals surface area contributed by atoms with Gasteiger partial charge in [0.15, 0.2) is 23.3 Å².